The van der Waals surface area contributed by atoms with Crippen LogP contribution in [0.15, 0.2) is 30.5 Å². The smallest absolute Gasteiger partial charge is 0.317 e. The Kier molecular flexibility index (Phi) is 4.83. The van der Waals surface area contributed by atoms with Gasteiger partial charge in [-0.15, -0.1) is 0 Å². The minimum Gasteiger partial charge on any atom is -0.331 e. The third-order valence-electron chi connectivity index (χ3n) is 5.97. The number of nitrogens with zero attached hydrogens (tertiary/aromatic N) is 5. The Morgan fingerprint density at radius 2 is 1.93 bits per heavy atom. The maximum Gasteiger partial charge on any atom is 0.317 e. The van der Waals surface area contributed by atoms with E-state index in [0.717, 1.165) is 48.5 Å². The predicted molar refractivity (Wildman–Crippen MR) is 109 cm³/mol. The largest absolute Gasteiger partial charge is 0.331 e. The SMILES string of the molecule is Cc1c(C(C)NC(=O)N2CCC(n3c(C)nc4ccccc43)CC2)cnn1C. The Morgan fingerprint density at radius 3 is 2.61 bits per heavy atom. The van der Waals surface area contributed by atoms with Crippen molar-refractivity contribution in [1.29, 1.82) is 0 Å². The second-order valence-corrected chi connectivity index (χ2v) is 7.72. The molecule has 2 aromatic heterocycles. The van der Waals surface area contributed by atoms with Gasteiger partial charge in [0.05, 0.1) is 23.3 Å². The van der Waals surface area contributed by atoms with Crippen LogP contribution in [0, 0.1) is 13.8 Å². The van der Waals surface area contributed by atoms with Crippen LogP contribution in [0.1, 0.15) is 48.9 Å². The van der Waals surface area contributed by atoms with Crippen LogP contribution in [0.5, 0.6) is 0 Å². The van der Waals surface area contributed by atoms with Crippen molar-refractivity contribution in [2.75, 3.05) is 13.1 Å². The van der Waals surface area contributed by atoms with Crippen LogP contribution in [-0.2, 0) is 7.05 Å². The summed E-state index contributed by atoms with van der Waals surface area (Å²) in [7, 11) is 1.92. The number of carbonyl (C=O) groups excluding carboxylic acids is 1. The molecule has 1 atom stereocenters. The topological polar surface area (TPSA) is 68.0 Å². The Morgan fingerprint density at radius 1 is 1.21 bits per heavy atom. The fourth-order valence-corrected chi connectivity index (χ4v) is 4.25. The van der Waals surface area contributed by atoms with Gasteiger partial charge in [-0.3, -0.25) is 4.68 Å². The number of fused-ring (bicyclic) bond motifs is 1. The number of amides is 2. The molecule has 1 aliphatic rings. The van der Waals surface area contributed by atoms with E-state index in [9.17, 15) is 4.79 Å². The van der Waals surface area contributed by atoms with Crippen LogP contribution in [0.25, 0.3) is 11.0 Å². The van der Waals surface area contributed by atoms with Crippen molar-refractivity contribution in [3.05, 3.63) is 47.5 Å². The first kappa shape index (κ1) is 18.5. The number of piperidine rings is 1. The number of aromatic nitrogens is 4. The Labute approximate surface area is 165 Å². The first-order chi connectivity index (χ1) is 13.5. The molecule has 28 heavy (non-hydrogen) atoms. The van der Waals surface area contributed by atoms with Gasteiger partial charge in [-0.2, -0.15) is 5.10 Å². The summed E-state index contributed by atoms with van der Waals surface area (Å²) < 4.78 is 4.17. The van der Waals surface area contributed by atoms with Crippen molar-refractivity contribution in [2.45, 2.75) is 45.7 Å². The molecule has 2 amide bonds. The van der Waals surface area contributed by atoms with Crippen molar-refractivity contribution in [3.63, 3.8) is 0 Å². The molecule has 1 fully saturated rings. The molecular formula is C21H28N6O. The van der Waals surface area contributed by atoms with Gasteiger partial charge < -0.3 is 14.8 Å². The molecule has 1 unspecified atom stereocenters. The minimum absolute atomic E-state index is 0.00131. The zero-order valence-electron chi connectivity index (χ0n) is 17.0. The number of rotatable bonds is 3. The quantitative estimate of drug-likeness (QED) is 0.756. The lowest BCUT2D eigenvalue weighted by Gasteiger charge is -2.34. The number of aryl methyl sites for hydroxylation is 2. The zero-order valence-corrected chi connectivity index (χ0v) is 17.0. The molecule has 3 heterocycles. The standard InChI is InChI=1S/C21H28N6O/c1-14(18-13-22-25(4)15(18)2)23-21(28)26-11-9-17(10-12-26)27-16(3)24-19-7-5-6-8-20(19)27/h5-8,13-14,17H,9-12H2,1-4H3,(H,23,28). The molecule has 3 aromatic rings. The summed E-state index contributed by atoms with van der Waals surface area (Å²) in [5.41, 5.74) is 4.37. The first-order valence-corrected chi connectivity index (χ1v) is 9.93. The average molecular weight is 380 g/mol. The molecule has 0 bridgehead atoms. The van der Waals surface area contributed by atoms with Crippen LogP contribution in [0.2, 0.25) is 0 Å². The van der Waals surface area contributed by atoms with E-state index in [1.807, 2.05) is 42.7 Å². The molecule has 1 aromatic carbocycles. The molecule has 1 aliphatic heterocycles. The molecule has 148 valence electrons. The monoisotopic (exact) mass is 380 g/mol. The highest BCUT2D eigenvalue weighted by Gasteiger charge is 2.27. The van der Waals surface area contributed by atoms with Crippen molar-refractivity contribution in [1.82, 2.24) is 29.5 Å². The summed E-state index contributed by atoms with van der Waals surface area (Å²) in [6, 6.07) is 8.60. The zero-order chi connectivity index (χ0) is 19.8. The molecule has 1 N–H and O–H groups in total. The van der Waals surface area contributed by atoms with Crippen LogP contribution in [-0.4, -0.2) is 43.4 Å². The number of para-hydroxylation sites is 2. The van der Waals surface area contributed by atoms with Gasteiger partial charge in [0.1, 0.15) is 5.82 Å². The molecule has 7 heteroatoms. The summed E-state index contributed by atoms with van der Waals surface area (Å²) in [5, 5.41) is 7.40. The lowest BCUT2D eigenvalue weighted by Crippen LogP contribution is -2.45. The van der Waals surface area contributed by atoms with Gasteiger partial charge in [0.15, 0.2) is 0 Å². The van der Waals surface area contributed by atoms with E-state index in [0.29, 0.717) is 6.04 Å². The van der Waals surface area contributed by atoms with Crippen molar-refractivity contribution >= 4 is 17.1 Å². The number of likely N-dealkylation sites (tertiary alicyclic amines) is 1. The van der Waals surface area contributed by atoms with Gasteiger partial charge in [-0.1, -0.05) is 12.1 Å². The highest BCUT2D eigenvalue weighted by molar-refractivity contribution is 5.76. The number of benzene rings is 1. The number of urea groups is 1. The van der Waals surface area contributed by atoms with E-state index in [1.165, 1.54) is 5.52 Å². The van der Waals surface area contributed by atoms with E-state index in [2.05, 4.69) is 45.1 Å². The Balaban J connectivity index is 1.40. The number of imidazole rings is 1. The summed E-state index contributed by atoms with van der Waals surface area (Å²) in [5.74, 6) is 1.05. The average Bonchev–Trinajstić information content (AvgIpc) is 3.20. The van der Waals surface area contributed by atoms with Gasteiger partial charge >= 0.3 is 6.03 Å². The number of hydrogen-bond acceptors (Lipinski definition) is 3. The highest BCUT2D eigenvalue weighted by Crippen LogP contribution is 2.29. The number of carbonyl (C=O) groups is 1. The van der Waals surface area contributed by atoms with Crippen LogP contribution >= 0.6 is 0 Å². The van der Waals surface area contributed by atoms with Crippen molar-refractivity contribution < 1.29 is 4.79 Å². The van der Waals surface area contributed by atoms with Gasteiger partial charge in [-0.25, -0.2) is 9.78 Å². The van der Waals surface area contributed by atoms with Gasteiger partial charge in [0.2, 0.25) is 0 Å². The lowest BCUT2D eigenvalue weighted by molar-refractivity contribution is 0.169. The molecular weight excluding hydrogens is 352 g/mol. The van der Waals surface area contributed by atoms with Crippen molar-refractivity contribution in [3.8, 4) is 0 Å². The van der Waals surface area contributed by atoms with E-state index >= 15 is 0 Å². The van der Waals surface area contributed by atoms with Gasteiger partial charge in [0.25, 0.3) is 0 Å². The third-order valence-corrected chi connectivity index (χ3v) is 5.97. The maximum absolute atomic E-state index is 12.7. The second kappa shape index (κ2) is 7.30. The number of nitrogens with one attached hydrogen (secondary N) is 1. The summed E-state index contributed by atoms with van der Waals surface area (Å²) in [6.07, 6.45) is 3.71. The molecule has 0 spiro atoms. The predicted octanol–water partition coefficient (Wildman–Crippen LogP) is 3.49. The summed E-state index contributed by atoms with van der Waals surface area (Å²) in [6.45, 7) is 7.60. The molecule has 4 rings (SSSR count). The highest BCUT2D eigenvalue weighted by atomic mass is 16.2. The van der Waals surface area contributed by atoms with Crippen LogP contribution < -0.4 is 5.32 Å². The van der Waals surface area contributed by atoms with Crippen LogP contribution in [0.4, 0.5) is 4.79 Å². The number of hydrogen-bond donors (Lipinski definition) is 1. The fraction of sp³-hybridized carbons (Fsp3) is 0.476. The molecule has 1 saturated heterocycles. The molecule has 0 aliphatic carbocycles. The van der Waals surface area contributed by atoms with E-state index in [4.69, 9.17) is 0 Å². The maximum atomic E-state index is 12.7. The first-order valence-electron chi connectivity index (χ1n) is 9.93. The Hall–Kier alpha value is -2.83. The molecule has 7 nitrogen and oxygen atoms in total. The van der Waals surface area contributed by atoms with Gasteiger partial charge in [-0.05, 0) is 45.7 Å². The van der Waals surface area contributed by atoms with E-state index in [1.54, 1.807) is 0 Å². The minimum atomic E-state index is -0.0567. The molecule has 0 saturated carbocycles. The normalized spacial score (nSPS) is 16.5. The molecule has 0 radical (unpaired) electrons. The van der Waals surface area contributed by atoms with Crippen molar-refractivity contribution in [2.24, 2.45) is 7.05 Å². The van der Waals surface area contributed by atoms with E-state index in [-0.39, 0.29) is 12.1 Å². The van der Waals surface area contributed by atoms with Crippen LogP contribution in [0.3, 0.4) is 0 Å². The summed E-state index contributed by atoms with van der Waals surface area (Å²) in [4.78, 5) is 19.4. The fourth-order valence-electron chi connectivity index (χ4n) is 4.25. The second-order valence-electron chi connectivity index (χ2n) is 7.72. The lowest BCUT2D eigenvalue weighted by atomic mass is 10.0. The Bertz CT molecular complexity index is 996. The van der Waals surface area contributed by atoms with Gasteiger partial charge in [0, 0.05) is 37.4 Å². The third kappa shape index (κ3) is 3.25. The summed E-state index contributed by atoms with van der Waals surface area (Å²) >= 11 is 0. The van der Waals surface area contributed by atoms with E-state index < -0.39 is 0 Å².